The van der Waals surface area contributed by atoms with Gasteiger partial charge in [-0.2, -0.15) is 0 Å². The highest BCUT2D eigenvalue weighted by molar-refractivity contribution is 5.88. The van der Waals surface area contributed by atoms with E-state index >= 15 is 0 Å². The molecule has 0 unspecified atom stereocenters. The van der Waals surface area contributed by atoms with E-state index in [1.54, 1.807) is 12.1 Å². The van der Waals surface area contributed by atoms with E-state index in [-0.39, 0.29) is 56.6 Å². The molecule has 0 fully saturated rings. The summed E-state index contributed by atoms with van der Waals surface area (Å²) in [5, 5.41) is 8.58. The zero-order valence-electron chi connectivity index (χ0n) is 22.8. The molecule has 3 aromatic rings. The molecule has 2 amide bonds. The van der Waals surface area contributed by atoms with E-state index in [9.17, 15) is 18.8 Å². The summed E-state index contributed by atoms with van der Waals surface area (Å²) in [6.45, 7) is 3.12. The molecular formula is C31H37FN4O4. The van der Waals surface area contributed by atoms with Crippen LogP contribution < -0.4 is 26.4 Å². The van der Waals surface area contributed by atoms with Gasteiger partial charge in [-0.05, 0) is 41.8 Å². The van der Waals surface area contributed by atoms with Crippen LogP contribution in [0.25, 0.3) is 0 Å². The Morgan fingerprint density at radius 1 is 0.950 bits per heavy atom. The Hall–Kier alpha value is -4.08. The van der Waals surface area contributed by atoms with Crippen molar-refractivity contribution in [2.75, 3.05) is 19.7 Å². The Morgan fingerprint density at radius 2 is 1.68 bits per heavy atom. The topological polar surface area (TPSA) is 123 Å². The molecule has 5 N–H and O–H groups in total. The summed E-state index contributed by atoms with van der Waals surface area (Å²) in [6, 6.07) is 20.6. The van der Waals surface area contributed by atoms with Crippen molar-refractivity contribution in [2.24, 2.45) is 5.73 Å². The number of nitrogens with one attached hydrogen (secondary N) is 3. The number of ether oxygens (including phenoxy) is 1. The van der Waals surface area contributed by atoms with Gasteiger partial charge in [0.15, 0.2) is 5.78 Å². The van der Waals surface area contributed by atoms with Gasteiger partial charge in [0.2, 0.25) is 11.8 Å². The summed E-state index contributed by atoms with van der Waals surface area (Å²) < 4.78 is 19.5. The van der Waals surface area contributed by atoms with Gasteiger partial charge in [-0.25, -0.2) is 4.39 Å². The minimum atomic E-state index is -0.815. The predicted molar refractivity (Wildman–Crippen MR) is 152 cm³/mol. The number of halogens is 1. The van der Waals surface area contributed by atoms with Crippen LogP contribution in [0.2, 0.25) is 0 Å². The molecule has 9 heteroatoms. The maximum Gasteiger partial charge on any atom is 0.243 e. The van der Waals surface area contributed by atoms with Crippen molar-refractivity contribution in [3.63, 3.8) is 0 Å². The van der Waals surface area contributed by atoms with Crippen molar-refractivity contribution in [3.8, 4) is 5.75 Å². The fourth-order valence-corrected chi connectivity index (χ4v) is 4.09. The fourth-order valence-electron chi connectivity index (χ4n) is 4.09. The van der Waals surface area contributed by atoms with E-state index in [1.807, 2.05) is 61.5 Å². The first-order valence-corrected chi connectivity index (χ1v) is 13.4. The molecular weight excluding hydrogens is 511 g/mol. The smallest absolute Gasteiger partial charge is 0.243 e. The third-order valence-electron chi connectivity index (χ3n) is 6.23. The summed E-state index contributed by atoms with van der Waals surface area (Å²) in [6.07, 6.45) is 0.678. The quantitative estimate of drug-likeness (QED) is 0.204. The number of Topliss-reactive ketones (excluding diaryl/α,β-unsaturated/α-hetero) is 1. The van der Waals surface area contributed by atoms with Gasteiger partial charge in [0, 0.05) is 44.5 Å². The van der Waals surface area contributed by atoms with Gasteiger partial charge in [0.25, 0.3) is 0 Å². The lowest BCUT2D eigenvalue weighted by atomic mass is 10.0. The summed E-state index contributed by atoms with van der Waals surface area (Å²) in [4.78, 5) is 38.0. The van der Waals surface area contributed by atoms with Gasteiger partial charge in [-0.1, -0.05) is 54.6 Å². The molecule has 3 rings (SSSR count). The SMILES string of the molecule is CCOc1ccc(CC(=O)CNCCC(=O)N[C@@H](Cc2ccccc2)C(=O)NCc2ccc(CN)c(F)c2)cc1. The van der Waals surface area contributed by atoms with Crippen LogP contribution in [0, 0.1) is 5.82 Å². The number of amides is 2. The lowest BCUT2D eigenvalue weighted by Gasteiger charge is -2.19. The van der Waals surface area contributed by atoms with Crippen molar-refractivity contribution < 1.29 is 23.5 Å². The Morgan fingerprint density at radius 3 is 2.35 bits per heavy atom. The van der Waals surface area contributed by atoms with Crippen molar-refractivity contribution in [3.05, 3.63) is 101 Å². The molecule has 0 aromatic heterocycles. The second-order valence-electron chi connectivity index (χ2n) is 9.38. The second-order valence-corrected chi connectivity index (χ2v) is 9.38. The first-order valence-electron chi connectivity index (χ1n) is 13.4. The van der Waals surface area contributed by atoms with Crippen LogP contribution in [0.3, 0.4) is 0 Å². The molecule has 0 saturated carbocycles. The molecule has 0 saturated heterocycles. The molecule has 0 heterocycles. The van der Waals surface area contributed by atoms with Crippen molar-refractivity contribution in [2.45, 2.75) is 45.3 Å². The number of carbonyl (C=O) groups excluding carboxylic acids is 3. The number of carbonyl (C=O) groups is 3. The number of benzene rings is 3. The molecule has 212 valence electrons. The molecule has 3 aromatic carbocycles. The molecule has 8 nitrogen and oxygen atoms in total. The van der Waals surface area contributed by atoms with Crippen LogP contribution in [0.1, 0.15) is 35.6 Å². The maximum absolute atomic E-state index is 14.1. The lowest BCUT2D eigenvalue weighted by molar-refractivity contribution is -0.129. The van der Waals surface area contributed by atoms with Crippen molar-refractivity contribution >= 4 is 17.6 Å². The van der Waals surface area contributed by atoms with Gasteiger partial charge in [0.1, 0.15) is 17.6 Å². The van der Waals surface area contributed by atoms with Crippen LogP contribution in [-0.2, 0) is 40.3 Å². The first kappa shape index (κ1) is 30.5. The molecule has 0 aliphatic heterocycles. The number of ketones is 1. The van der Waals surface area contributed by atoms with Gasteiger partial charge in [-0.15, -0.1) is 0 Å². The van der Waals surface area contributed by atoms with E-state index in [2.05, 4.69) is 16.0 Å². The van der Waals surface area contributed by atoms with Gasteiger partial charge >= 0.3 is 0 Å². The number of hydrogen-bond donors (Lipinski definition) is 4. The molecule has 1 atom stereocenters. The van der Waals surface area contributed by atoms with Crippen LogP contribution in [0.4, 0.5) is 4.39 Å². The predicted octanol–water partition coefficient (Wildman–Crippen LogP) is 2.82. The van der Waals surface area contributed by atoms with Gasteiger partial charge in [0.05, 0.1) is 13.2 Å². The molecule has 40 heavy (non-hydrogen) atoms. The lowest BCUT2D eigenvalue weighted by Crippen LogP contribution is -2.48. The molecule has 0 bridgehead atoms. The minimum absolute atomic E-state index is 0.00170. The Balaban J connectivity index is 1.47. The molecule has 0 spiro atoms. The van der Waals surface area contributed by atoms with Crippen LogP contribution in [0.5, 0.6) is 5.75 Å². The third kappa shape index (κ3) is 10.2. The van der Waals surface area contributed by atoms with Gasteiger partial charge in [-0.3, -0.25) is 14.4 Å². The Bertz CT molecular complexity index is 1250. The van der Waals surface area contributed by atoms with Crippen molar-refractivity contribution in [1.82, 2.24) is 16.0 Å². The average molecular weight is 549 g/mol. The van der Waals surface area contributed by atoms with Crippen molar-refractivity contribution in [1.29, 1.82) is 0 Å². The summed E-state index contributed by atoms with van der Waals surface area (Å²) in [5.41, 5.74) is 8.28. The summed E-state index contributed by atoms with van der Waals surface area (Å²) in [7, 11) is 0. The van der Waals surface area contributed by atoms with Crippen LogP contribution in [0.15, 0.2) is 72.8 Å². The molecule has 0 aliphatic carbocycles. The van der Waals surface area contributed by atoms with Gasteiger partial charge < -0.3 is 26.4 Å². The fraction of sp³-hybridized carbons (Fsp3) is 0.323. The maximum atomic E-state index is 14.1. The normalized spacial score (nSPS) is 11.5. The number of rotatable bonds is 16. The van der Waals surface area contributed by atoms with Crippen LogP contribution >= 0.6 is 0 Å². The highest BCUT2D eigenvalue weighted by Crippen LogP contribution is 2.13. The number of hydrogen-bond acceptors (Lipinski definition) is 6. The third-order valence-corrected chi connectivity index (χ3v) is 6.23. The molecule has 0 aliphatic rings. The van der Waals surface area contributed by atoms with E-state index in [4.69, 9.17) is 10.5 Å². The second kappa shape index (κ2) is 16.1. The van der Waals surface area contributed by atoms with E-state index in [1.165, 1.54) is 6.07 Å². The highest BCUT2D eigenvalue weighted by Gasteiger charge is 2.21. The average Bonchev–Trinajstić information content (AvgIpc) is 2.95. The Labute approximate surface area is 234 Å². The summed E-state index contributed by atoms with van der Waals surface area (Å²) >= 11 is 0. The first-order chi connectivity index (χ1) is 19.4. The van der Waals surface area contributed by atoms with E-state index < -0.39 is 11.9 Å². The zero-order chi connectivity index (χ0) is 28.7. The summed E-state index contributed by atoms with van der Waals surface area (Å²) in [5.74, 6) is -0.354. The highest BCUT2D eigenvalue weighted by atomic mass is 19.1. The standard InChI is InChI=1S/C31H37FN4O4/c1-2-40-27-12-9-23(10-13-27)16-26(37)21-34-15-14-30(38)36-29(18-22-6-4-3-5-7-22)31(39)35-20-24-8-11-25(19-33)28(32)17-24/h3-13,17,29,34H,2,14-16,18-21,33H2,1H3,(H,35,39)(H,36,38)/t29-/m0/s1. The Kier molecular flexibility index (Phi) is 12.3. The minimum Gasteiger partial charge on any atom is -0.494 e. The van der Waals surface area contributed by atoms with E-state index in [0.717, 1.165) is 16.9 Å². The van der Waals surface area contributed by atoms with E-state index in [0.29, 0.717) is 24.2 Å². The largest absolute Gasteiger partial charge is 0.494 e. The van der Waals surface area contributed by atoms with Crippen LogP contribution in [-0.4, -0.2) is 43.3 Å². The number of nitrogens with two attached hydrogens (primary N) is 1. The monoisotopic (exact) mass is 548 g/mol. The zero-order valence-corrected chi connectivity index (χ0v) is 22.8. The molecule has 0 radical (unpaired) electrons.